The van der Waals surface area contributed by atoms with Crippen LogP contribution in [0.4, 0.5) is 5.69 Å². The smallest absolute Gasteiger partial charge is 0.332 e. The summed E-state index contributed by atoms with van der Waals surface area (Å²) in [4.78, 5) is 26.8. The summed E-state index contributed by atoms with van der Waals surface area (Å²) in [5, 5.41) is 4.38. The van der Waals surface area contributed by atoms with Crippen molar-refractivity contribution in [2.75, 3.05) is 31.8 Å². The van der Waals surface area contributed by atoms with Gasteiger partial charge in [-0.15, -0.1) is 0 Å². The zero-order valence-electron chi connectivity index (χ0n) is 18.9. The molecule has 168 valence electrons. The lowest BCUT2D eigenvalue weighted by atomic mass is 10.0. The number of carbonyl (C=O) groups excluding carboxylic acids is 1. The number of nitrogens with zero attached hydrogens (tertiary/aromatic N) is 3. The molecule has 0 aliphatic carbocycles. The molecule has 0 amide bonds. The SMILES string of the molecule is COc1ccc(Cn2ncc(N3CC[C@H]3COCC(=O)OC(C)(C)C)c(C)c2=O)cc1. The third-order valence-corrected chi connectivity index (χ3v) is 5.15. The van der Waals surface area contributed by atoms with Gasteiger partial charge in [-0.3, -0.25) is 4.79 Å². The van der Waals surface area contributed by atoms with Crippen molar-refractivity contribution in [3.05, 3.63) is 51.9 Å². The molecule has 1 aliphatic rings. The molecule has 1 atom stereocenters. The number of hydrogen-bond donors (Lipinski definition) is 0. The standard InChI is InChI=1S/C23H31N3O5/c1-16-20(25-11-10-18(25)14-30-15-21(27)31-23(2,3)4)12-24-26(22(16)28)13-17-6-8-19(29-5)9-7-17/h6-9,12,18H,10-11,13-15H2,1-5H3/t18-/m0/s1. The van der Waals surface area contributed by atoms with Gasteiger partial charge < -0.3 is 19.1 Å². The Bertz CT molecular complexity index is 963. The minimum Gasteiger partial charge on any atom is -0.497 e. The summed E-state index contributed by atoms with van der Waals surface area (Å²) < 4.78 is 17.4. The summed E-state index contributed by atoms with van der Waals surface area (Å²) in [6.07, 6.45) is 2.67. The molecule has 0 N–H and O–H groups in total. The number of carbonyl (C=O) groups is 1. The number of rotatable bonds is 8. The first-order chi connectivity index (χ1) is 14.7. The highest BCUT2D eigenvalue weighted by Crippen LogP contribution is 2.27. The summed E-state index contributed by atoms with van der Waals surface area (Å²) in [6, 6.07) is 7.68. The molecular formula is C23H31N3O5. The molecule has 1 aliphatic heterocycles. The minimum absolute atomic E-state index is 0.0811. The predicted octanol–water partition coefficient (Wildman–Crippen LogP) is 2.55. The first-order valence-corrected chi connectivity index (χ1v) is 10.4. The Morgan fingerprint density at radius 3 is 2.52 bits per heavy atom. The number of benzene rings is 1. The molecule has 1 saturated heterocycles. The van der Waals surface area contributed by atoms with Gasteiger partial charge >= 0.3 is 5.97 Å². The highest BCUT2D eigenvalue weighted by Gasteiger charge is 2.31. The van der Waals surface area contributed by atoms with Crippen LogP contribution < -0.4 is 15.2 Å². The maximum absolute atomic E-state index is 12.9. The summed E-state index contributed by atoms with van der Waals surface area (Å²) in [5.74, 6) is 0.394. The number of ether oxygens (including phenoxy) is 3. The molecule has 0 unspecified atom stereocenters. The van der Waals surface area contributed by atoms with E-state index in [0.29, 0.717) is 18.7 Å². The zero-order chi connectivity index (χ0) is 22.6. The Kier molecular flexibility index (Phi) is 7.00. The van der Waals surface area contributed by atoms with Crippen LogP contribution >= 0.6 is 0 Å². The molecule has 1 aromatic carbocycles. The van der Waals surface area contributed by atoms with Crippen molar-refractivity contribution in [2.45, 2.75) is 52.3 Å². The average Bonchev–Trinajstić information content (AvgIpc) is 2.69. The topological polar surface area (TPSA) is 82.9 Å². The fraction of sp³-hybridized carbons (Fsp3) is 0.522. The van der Waals surface area contributed by atoms with Crippen LogP contribution in [0, 0.1) is 6.92 Å². The Morgan fingerprint density at radius 2 is 1.94 bits per heavy atom. The number of hydrogen-bond acceptors (Lipinski definition) is 7. The monoisotopic (exact) mass is 429 g/mol. The van der Waals surface area contributed by atoms with Crippen LogP contribution in [0.5, 0.6) is 5.75 Å². The van der Waals surface area contributed by atoms with E-state index in [1.807, 2.05) is 52.0 Å². The van der Waals surface area contributed by atoms with Crippen molar-refractivity contribution in [3.63, 3.8) is 0 Å². The van der Waals surface area contributed by atoms with Gasteiger partial charge in [0.25, 0.3) is 5.56 Å². The van der Waals surface area contributed by atoms with Crippen LogP contribution in [0.2, 0.25) is 0 Å². The third-order valence-electron chi connectivity index (χ3n) is 5.15. The molecule has 8 heteroatoms. The van der Waals surface area contributed by atoms with Gasteiger partial charge in [0.15, 0.2) is 0 Å². The van der Waals surface area contributed by atoms with Crippen LogP contribution in [0.25, 0.3) is 0 Å². The molecule has 1 fully saturated rings. The van der Waals surface area contributed by atoms with E-state index < -0.39 is 5.60 Å². The molecule has 2 heterocycles. The van der Waals surface area contributed by atoms with E-state index >= 15 is 0 Å². The van der Waals surface area contributed by atoms with Gasteiger partial charge in [0.1, 0.15) is 18.0 Å². The highest BCUT2D eigenvalue weighted by molar-refractivity contribution is 5.71. The Hall–Kier alpha value is -2.87. The quantitative estimate of drug-likeness (QED) is 0.597. The molecule has 0 spiro atoms. The third kappa shape index (κ3) is 5.85. The average molecular weight is 430 g/mol. The van der Waals surface area contributed by atoms with Crippen molar-refractivity contribution < 1.29 is 19.0 Å². The summed E-state index contributed by atoms with van der Waals surface area (Å²) >= 11 is 0. The second-order valence-corrected chi connectivity index (χ2v) is 8.70. The van der Waals surface area contributed by atoms with Gasteiger partial charge in [-0.25, -0.2) is 9.48 Å². The molecular weight excluding hydrogens is 398 g/mol. The van der Waals surface area contributed by atoms with Crippen LogP contribution in [0.1, 0.15) is 38.3 Å². The van der Waals surface area contributed by atoms with Gasteiger partial charge in [-0.1, -0.05) is 12.1 Å². The van der Waals surface area contributed by atoms with E-state index in [1.54, 1.807) is 13.3 Å². The number of aromatic nitrogens is 2. The van der Waals surface area contributed by atoms with Crippen molar-refractivity contribution >= 4 is 11.7 Å². The fourth-order valence-electron chi connectivity index (χ4n) is 3.46. The maximum atomic E-state index is 12.9. The molecule has 0 bridgehead atoms. The Balaban J connectivity index is 1.60. The number of anilines is 1. The van der Waals surface area contributed by atoms with Crippen LogP contribution in [0.15, 0.2) is 35.3 Å². The lowest BCUT2D eigenvalue weighted by Crippen LogP contribution is -2.51. The van der Waals surface area contributed by atoms with Gasteiger partial charge in [0.2, 0.25) is 0 Å². The van der Waals surface area contributed by atoms with E-state index in [2.05, 4.69) is 10.00 Å². The molecule has 3 rings (SSSR count). The second kappa shape index (κ2) is 9.51. The summed E-state index contributed by atoms with van der Waals surface area (Å²) in [5.41, 5.74) is 1.80. The molecule has 2 aromatic rings. The van der Waals surface area contributed by atoms with Gasteiger partial charge in [0.05, 0.1) is 38.2 Å². The van der Waals surface area contributed by atoms with E-state index in [1.165, 1.54) is 4.68 Å². The van der Waals surface area contributed by atoms with Crippen molar-refractivity contribution in [1.29, 1.82) is 0 Å². The first-order valence-electron chi connectivity index (χ1n) is 10.4. The number of esters is 1. The van der Waals surface area contributed by atoms with Crippen molar-refractivity contribution in [3.8, 4) is 5.75 Å². The number of methoxy groups -OCH3 is 1. The van der Waals surface area contributed by atoms with Gasteiger partial charge in [-0.2, -0.15) is 5.10 Å². The van der Waals surface area contributed by atoms with Crippen molar-refractivity contribution in [1.82, 2.24) is 9.78 Å². The molecule has 0 saturated carbocycles. The van der Waals surface area contributed by atoms with Gasteiger partial charge in [-0.05, 0) is 51.8 Å². The van der Waals surface area contributed by atoms with Crippen molar-refractivity contribution in [2.24, 2.45) is 0 Å². The van der Waals surface area contributed by atoms with Gasteiger partial charge in [0, 0.05) is 12.1 Å². The maximum Gasteiger partial charge on any atom is 0.332 e. The predicted molar refractivity (Wildman–Crippen MR) is 118 cm³/mol. The van der Waals surface area contributed by atoms with E-state index in [0.717, 1.165) is 30.0 Å². The van der Waals surface area contributed by atoms with E-state index in [4.69, 9.17) is 14.2 Å². The van der Waals surface area contributed by atoms with E-state index in [9.17, 15) is 9.59 Å². The van der Waals surface area contributed by atoms with Crippen LogP contribution in [0.3, 0.4) is 0 Å². The van der Waals surface area contributed by atoms with E-state index in [-0.39, 0.29) is 24.2 Å². The molecule has 8 nitrogen and oxygen atoms in total. The van der Waals surface area contributed by atoms with Crippen LogP contribution in [-0.2, 0) is 20.8 Å². The van der Waals surface area contributed by atoms with Crippen LogP contribution in [-0.4, -0.2) is 54.3 Å². The molecule has 1 aromatic heterocycles. The fourth-order valence-corrected chi connectivity index (χ4v) is 3.46. The first kappa shape index (κ1) is 22.8. The normalized spacial score (nSPS) is 16.0. The highest BCUT2D eigenvalue weighted by atomic mass is 16.6. The minimum atomic E-state index is -0.526. The molecule has 0 radical (unpaired) electrons. The Labute approximate surface area is 182 Å². The largest absolute Gasteiger partial charge is 0.497 e. The zero-order valence-corrected chi connectivity index (χ0v) is 18.9. The second-order valence-electron chi connectivity index (χ2n) is 8.70. The summed E-state index contributed by atoms with van der Waals surface area (Å²) in [7, 11) is 1.62. The lowest BCUT2D eigenvalue weighted by Gasteiger charge is -2.43. The Morgan fingerprint density at radius 1 is 1.23 bits per heavy atom. The molecule has 31 heavy (non-hydrogen) atoms. The lowest BCUT2D eigenvalue weighted by molar-refractivity contribution is -0.160. The summed E-state index contributed by atoms with van der Waals surface area (Å²) in [6.45, 7) is 8.83.